The van der Waals surface area contributed by atoms with E-state index in [0.29, 0.717) is 15.1 Å². The predicted molar refractivity (Wildman–Crippen MR) is 77.0 cm³/mol. The molecule has 18 heavy (non-hydrogen) atoms. The van der Waals surface area contributed by atoms with Crippen LogP contribution in [-0.4, -0.2) is 25.0 Å². The Labute approximate surface area is 120 Å². The van der Waals surface area contributed by atoms with Gasteiger partial charge in [-0.3, -0.25) is 4.79 Å². The van der Waals surface area contributed by atoms with Crippen LogP contribution in [0.4, 0.5) is 4.39 Å². The largest absolute Gasteiger partial charge is 0.349 e. The third kappa shape index (κ3) is 3.20. The van der Waals surface area contributed by atoms with Crippen molar-refractivity contribution in [2.24, 2.45) is 5.92 Å². The van der Waals surface area contributed by atoms with Crippen molar-refractivity contribution >= 4 is 28.5 Å². The molecule has 1 aliphatic heterocycles. The third-order valence-corrected chi connectivity index (χ3v) is 4.16. The lowest BCUT2D eigenvalue weighted by molar-refractivity contribution is 0.0913. The Morgan fingerprint density at radius 1 is 1.56 bits per heavy atom. The molecule has 1 saturated heterocycles. The molecule has 0 radical (unpaired) electrons. The summed E-state index contributed by atoms with van der Waals surface area (Å²) < 4.78 is 13.9. The molecule has 2 N–H and O–H groups in total. The standard InChI is InChI=1S/C13H16FIN2O/c1-8-7-16-5-4-12(8)17-13(18)9-2-3-11(15)10(14)6-9/h2-3,6,8,12,16H,4-5,7H2,1H3,(H,17,18). The van der Waals surface area contributed by atoms with Gasteiger partial charge in [-0.1, -0.05) is 6.92 Å². The molecule has 1 heterocycles. The maximum atomic E-state index is 13.4. The van der Waals surface area contributed by atoms with E-state index in [0.717, 1.165) is 19.5 Å². The van der Waals surface area contributed by atoms with Gasteiger partial charge in [-0.15, -0.1) is 0 Å². The van der Waals surface area contributed by atoms with Gasteiger partial charge in [0.25, 0.3) is 5.91 Å². The average Bonchev–Trinajstić information content (AvgIpc) is 2.35. The number of piperidine rings is 1. The summed E-state index contributed by atoms with van der Waals surface area (Å²) in [5.41, 5.74) is 0.388. The minimum Gasteiger partial charge on any atom is -0.349 e. The van der Waals surface area contributed by atoms with Crippen LogP contribution in [0.15, 0.2) is 18.2 Å². The second-order valence-electron chi connectivity index (χ2n) is 4.68. The minimum absolute atomic E-state index is 0.168. The molecule has 1 fully saturated rings. The van der Waals surface area contributed by atoms with Crippen LogP contribution in [0.25, 0.3) is 0 Å². The van der Waals surface area contributed by atoms with E-state index in [1.54, 1.807) is 12.1 Å². The topological polar surface area (TPSA) is 41.1 Å². The smallest absolute Gasteiger partial charge is 0.251 e. The predicted octanol–water partition coefficient (Wildman–Crippen LogP) is 2.16. The molecular weight excluding hydrogens is 346 g/mol. The molecular formula is C13H16FIN2O. The van der Waals surface area contributed by atoms with E-state index in [9.17, 15) is 9.18 Å². The summed E-state index contributed by atoms with van der Waals surface area (Å²) in [6.45, 7) is 3.92. The third-order valence-electron chi connectivity index (χ3n) is 3.28. The van der Waals surface area contributed by atoms with Crippen LogP contribution in [0.5, 0.6) is 0 Å². The normalized spacial score (nSPS) is 23.7. The molecule has 5 heteroatoms. The van der Waals surface area contributed by atoms with Gasteiger partial charge in [0.15, 0.2) is 0 Å². The van der Waals surface area contributed by atoms with Crippen molar-refractivity contribution in [1.82, 2.24) is 10.6 Å². The molecule has 2 rings (SSSR count). The van der Waals surface area contributed by atoms with Gasteiger partial charge in [0.2, 0.25) is 0 Å². The summed E-state index contributed by atoms with van der Waals surface area (Å²) in [6.07, 6.45) is 0.916. The first kappa shape index (κ1) is 13.7. The Morgan fingerprint density at radius 3 is 3.00 bits per heavy atom. The van der Waals surface area contributed by atoms with Crippen LogP contribution >= 0.6 is 22.6 Å². The maximum Gasteiger partial charge on any atom is 0.251 e. The summed E-state index contributed by atoms with van der Waals surface area (Å²) in [5.74, 6) is -0.137. The van der Waals surface area contributed by atoms with Gasteiger partial charge in [0.05, 0.1) is 0 Å². The lowest BCUT2D eigenvalue weighted by Gasteiger charge is -2.30. The highest BCUT2D eigenvalue weighted by Crippen LogP contribution is 2.14. The SMILES string of the molecule is CC1CNCCC1NC(=O)c1ccc(I)c(F)c1. The number of hydrogen-bond donors (Lipinski definition) is 2. The fourth-order valence-electron chi connectivity index (χ4n) is 2.12. The Bertz CT molecular complexity index is 453. The maximum absolute atomic E-state index is 13.4. The Kier molecular flexibility index (Phi) is 4.55. The molecule has 1 aliphatic rings. The number of rotatable bonds is 2. The van der Waals surface area contributed by atoms with Crippen molar-refractivity contribution in [3.8, 4) is 0 Å². The molecule has 98 valence electrons. The van der Waals surface area contributed by atoms with E-state index in [2.05, 4.69) is 17.6 Å². The van der Waals surface area contributed by atoms with Gasteiger partial charge in [-0.25, -0.2) is 4.39 Å². The Hall–Kier alpha value is -0.690. The summed E-state index contributed by atoms with van der Waals surface area (Å²) in [6, 6.07) is 4.74. The summed E-state index contributed by atoms with van der Waals surface area (Å²) in [5, 5.41) is 6.27. The van der Waals surface area contributed by atoms with Gasteiger partial charge in [0, 0.05) is 15.2 Å². The first-order valence-corrected chi connectivity index (χ1v) is 7.12. The van der Waals surface area contributed by atoms with Crippen LogP contribution in [-0.2, 0) is 0 Å². The van der Waals surface area contributed by atoms with E-state index < -0.39 is 0 Å². The van der Waals surface area contributed by atoms with Crippen LogP contribution in [0.3, 0.4) is 0 Å². The monoisotopic (exact) mass is 362 g/mol. The molecule has 1 aromatic carbocycles. The molecule has 0 bridgehead atoms. The number of halogens is 2. The number of benzene rings is 1. The van der Waals surface area contributed by atoms with Crippen LogP contribution < -0.4 is 10.6 Å². The average molecular weight is 362 g/mol. The Balaban J connectivity index is 2.04. The molecule has 0 aliphatic carbocycles. The first-order valence-electron chi connectivity index (χ1n) is 6.04. The number of nitrogens with one attached hydrogen (secondary N) is 2. The highest BCUT2D eigenvalue weighted by atomic mass is 127. The molecule has 0 spiro atoms. The van der Waals surface area contributed by atoms with Crippen LogP contribution in [0, 0.1) is 15.3 Å². The quantitative estimate of drug-likeness (QED) is 0.792. The lowest BCUT2D eigenvalue weighted by atomic mass is 9.95. The summed E-state index contributed by atoms with van der Waals surface area (Å²) in [7, 11) is 0. The first-order chi connectivity index (χ1) is 8.58. The fraction of sp³-hybridized carbons (Fsp3) is 0.462. The molecule has 3 nitrogen and oxygen atoms in total. The molecule has 2 atom stereocenters. The number of carbonyl (C=O) groups is 1. The van der Waals surface area contributed by atoms with Crippen LogP contribution in [0.1, 0.15) is 23.7 Å². The van der Waals surface area contributed by atoms with E-state index in [-0.39, 0.29) is 17.8 Å². The summed E-state index contributed by atoms with van der Waals surface area (Å²) in [4.78, 5) is 12.0. The van der Waals surface area contributed by atoms with Crippen molar-refractivity contribution in [3.63, 3.8) is 0 Å². The highest BCUT2D eigenvalue weighted by Gasteiger charge is 2.23. The van der Waals surface area contributed by atoms with E-state index >= 15 is 0 Å². The van der Waals surface area contributed by atoms with E-state index in [4.69, 9.17) is 0 Å². The Morgan fingerprint density at radius 2 is 2.33 bits per heavy atom. The van der Waals surface area contributed by atoms with Crippen molar-refractivity contribution in [3.05, 3.63) is 33.1 Å². The van der Waals surface area contributed by atoms with Gasteiger partial charge in [-0.05, 0) is 66.2 Å². The van der Waals surface area contributed by atoms with Gasteiger partial charge >= 0.3 is 0 Å². The van der Waals surface area contributed by atoms with Crippen molar-refractivity contribution in [2.45, 2.75) is 19.4 Å². The van der Waals surface area contributed by atoms with Gasteiger partial charge in [-0.2, -0.15) is 0 Å². The molecule has 1 aromatic rings. The molecule has 2 unspecified atom stereocenters. The van der Waals surface area contributed by atoms with Crippen molar-refractivity contribution < 1.29 is 9.18 Å². The fourth-order valence-corrected chi connectivity index (χ4v) is 2.45. The molecule has 1 amide bonds. The zero-order valence-corrected chi connectivity index (χ0v) is 12.3. The zero-order chi connectivity index (χ0) is 13.1. The van der Waals surface area contributed by atoms with Crippen molar-refractivity contribution in [1.29, 1.82) is 0 Å². The highest BCUT2D eigenvalue weighted by molar-refractivity contribution is 14.1. The number of hydrogen-bond acceptors (Lipinski definition) is 2. The second-order valence-corrected chi connectivity index (χ2v) is 5.84. The van der Waals surface area contributed by atoms with E-state index in [1.165, 1.54) is 6.07 Å². The van der Waals surface area contributed by atoms with Crippen molar-refractivity contribution in [2.75, 3.05) is 13.1 Å². The zero-order valence-electron chi connectivity index (χ0n) is 10.2. The molecule has 0 aromatic heterocycles. The van der Waals surface area contributed by atoms with Crippen LogP contribution in [0.2, 0.25) is 0 Å². The van der Waals surface area contributed by atoms with Gasteiger partial charge < -0.3 is 10.6 Å². The second kappa shape index (κ2) is 5.97. The number of amides is 1. The molecule has 0 saturated carbocycles. The number of carbonyl (C=O) groups excluding carboxylic acids is 1. The lowest BCUT2D eigenvalue weighted by Crippen LogP contribution is -2.48. The van der Waals surface area contributed by atoms with Gasteiger partial charge in [0.1, 0.15) is 5.82 Å². The summed E-state index contributed by atoms with van der Waals surface area (Å²) >= 11 is 1.91. The van der Waals surface area contributed by atoms with E-state index in [1.807, 2.05) is 22.6 Å². The minimum atomic E-state index is -0.346.